The van der Waals surface area contributed by atoms with Gasteiger partial charge in [0.1, 0.15) is 13.2 Å². The number of ether oxygens (including phenoxy) is 2. The standard InChI is InChI=1S/C15H21NO2.C10H21NO/c1-2-8-16(7-1)9-3-4-13-5-6-14-15(12-13)18-11-10-17-14;1-2-3-4-5-6-7-8-9-10(11)12/h5-6,12H,1-4,7-11H2;2-9H2,1H3,(H2,11,12). The molecule has 0 bridgehead atoms. The Balaban J connectivity index is 0.000000235. The first kappa shape index (κ1) is 24.5. The zero-order chi connectivity index (χ0) is 21.4. The summed E-state index contributed by atoms with van der Waals surface area (Å²) in [5.41, 5.74) is 6.38. The van der Waals surface area contributed by atoms with Gasteiger partial charge in [0.25, 0.3) is 0 Å². The van der Waals surface area contributed by atoms with Crippen molar-refractivity contribution in [3.63, 3.8) is 0 Å². The molecule has 2 heterocycles. The first-order valence-electron chi connectivity index (χ1n) is 12.1. The van der Waals surface area contributed by atoms with Crippen molar-refractivity contribution in [2.24, 2.45) is 5.73 Å². The largest absolute Gasteiger partial charge is 0.486 e. The number of primary amides is 1. The van der Waals surface area contributed by atoms with Crippen molar-refractivity contribution < 1.29 is 14.3 Å². The number of likely N-dealkylation sites (tertiary alicyclic amines) is 1. The lowest BCUT2D eigenvalue weighted by molar-refractivity contribution is -0.118. The van der Waals surface area contributed by atoms with E-state index in [9.17, 15) is 4.79 Å². The number of benzene rings is 1. The van der Waals surface area contributed by atoms with E-state index in [-0.39, 0.29) is 5.91 Å². The molecule has 0 atom stereocenters. The van der Waals surface area contributed by atoms with Gasteiger partial charge in [-0.3, -0.25) is 4.79 Å². The molecule has 170 valence electrons. The number of aryl methyl sites for hydroxylation is 1. The van der Waals surface area contributed by atoms with Gasteiger partial charge in [0.2, 0.25) is 5.91 Å². The van der Waals surface area contributed by atoms with E-state index in [1.165, 1.54) is 76.6 Å². The average Bonchev–Trinajstić information content (AvgIpc) is 3.27. The fourth-order valence-electron chi connectivity index (χ4n) is 4.01. The summed E-state index contributed by atoms with van der Waals surface area (Å²) < 4.78 is 11.1. The Morgan fingerprint density at radius 2 is 1.60 bits per heavy atom. The molecule has 2 aliphatic rings. The fourth-order valence-corrected chi connectivity index (χ4v) is 4.01. The van der Waals surface area contributed by atoms with E-state index in [0.29, 0.717) is 19.6 Å². The van der Waals surface area contributed by atoms with Crippen molar-refractivity contribution in [3.8, 4) is 11.5 Å². The van der Waals surface area contributed by atoms with Gasteiger partial charge in [-0.2, -0.15) is 0 Å². The number of carbonyl (C=O) groups is 1. The third kappa shape index (κ3) is 10.3. The zero-order valence-electron chi connectivity index (χ0n) is 19.0. The van der Waals surface area contributed by atoms with Crippen LogP contribution in [0.15, 0.2) is 18.2 Å². The van der Waals surface area contributed by atoms with Crippen LogP contribution in [0.2, 0.25) is 0 Å². The van der Waals surface area contributed by atoms with Gasteiger partial charge in [0.05, 0.1) is 0 Å². The van der Waals surface area contributed by atoms with E-state index in [0.717, 1.165) is 30.8 Å². The van der Waals surface area contributed by atoms with Crippen molar-refractivity contribution in [2.75, 3.05) is 32.8 Å². The summed E-state index contributed by atoms with van der Waals surface area (Å²) >= 11 is 0. The molecule has 0 unspecified atom stereocenters. The van der Waals surface area contributed by atoms with Crippen LogP contribution in [0.1, 0.15) is 83.1 Å². The summed E-state index contributed by atoms with van der Waals surface area (Å²) in [7, 11) is 0. The monoisotopic (exact) mass is 418 g/mol. The first-order chi connectivity index (χ1) is 14.7. The highest BCUT2D eigenvalue weighted by molar-refractivity contribution is 5.73. The van der Waals surface area contributed by atoms with Gasteiger partial charge in [-0.25, -0.2) is 0 Å². The molecule has 0 radical (unpaired) electrons. The molecule has 2 aliphatic heterocycles. The van der Waals surface area contributed by atoms with Gasteiger partial charge in [-0.1, -0.05) is 51.5 Å². The maximum absolute atomic E-state index is 10.4. The molecule has 30 heavy (non-hydrogen) atoms. The molecular weight excluding hydrogens is 376 g/mol. The highest BCUT2D eigenvalue weighted by Gasteiger charge is 2.13. The van der Waals surface area contributed by atoms with E-state index in [1.807, 2.05) is 6.07 Å². The summed E-state index contributed by atoms with van der Waals surface area (Å²) in [6.07, 6.45) is 14.4. The van der Waals surface area contributed by atoms with Crippen LogP contribution in [0.3, 0.4) is 0 Å². The Morgan fingerprint density at radius 3 is 2.30 bits per heavy atom. The Kier molecular flexibility index (Phi) is 12.4. The molecule has 5 nitrogen and oxygen atoms in total. The normalized spacial score (nSPS) is 15.5. The van der Waals surface area contributed by atoms with Gasteiger partial charge in [0.15, 0.2) is 11.5 Å². The van der Waals surface area contributed by atoms with Crippen LogP contribution < -0.4 is 15.2 Å². The molecule has 0 spiro atoms. The number of fused-ring (bicyclic) bond motifs is 1. The molecular formula is C25H42N2O3. The van der Waals surface area contributed by atoms with Crippen LogP contribution in [0, 0.1) is 0 Å². The Hall–Kier alpha value is -1.75. The van der Waals surface area contributed by atoms with Gasteiger partial charge in [-0.15, -0.1) is 0 Å². The SMILES string of the molecule is CCCCCCCCCC(N)=O.c1cc2c(cc1CCCN1CCCC1)OCCO2. The van der Waals surface area contributed by atoms with E-state index in [4.69, 9.17) is 15.2 Å². The molecule has 1 amide bonds. The molecule has 1 saturated heterocycles. The molecule has 3 rings (SSSR count). The number of nitrogens with two attached hydrogens (primary N) is 1. The van der Waals surface area contributed by atoms with Crippen LogP contribution in [-0.4, -0.2) is 43.7 Å². The third-order valence-corrected chi connectivity index (χ3v) is 5.77. The lowest BCUT2D eigenvalue weighted by Gasteiger charge is -2.19. The van der Waals surface area contributed by atoms with Crippen LogP contribution in [0.25, 0.3) is 0 Å². The number of nitrogens with zero attached hydrogens (tertiary/aromatic N) is 1. The van der Waals surface area contributed by atoms with Crippen LogP contribution in [0.4, 0.5) is 0 Å². The van der Waals surface area contributed by atoms with Gasteiger partial charge >= 0.3 is 0 Å². The minimum atomic E-state index is -0.163. The Bertz CT molecular complexity index is 600. The number of rotatable bonds is 12. The van der Waals surface area contributed by atoms with E-state index < -0.39 is 0 Å². The van der Waals surface area contributed by atoms with Gasteiger partial charge in [0, 0.05) is 6.42 Å². The van der Waals surface area contributed by atoms with Crippen molar-refractivity contribution >= 4 is 5.91 Å². The van der Waals surface area contributed by atoms with Crippen molar-refractivity contribution in [2.45, 2.75) is 84.0 Å². The summed E-state index contributed by atoms with van der Waals surface area (Å²) in [5.74, 6) is 1.65. The molecule has 0 aliphatic carbocycles. The average molecular weight is 419 g/mol. The van der Waals surface area contributed by atoms with Gasteiger partial charge in [-0.05, 0) is 69.4 Å². The molecule has 1 aromatic carbocycles. The molecule has 5 heteroatoms. The molecule has 1 fully saturated rings. The quantitative estimate of drug-likeness (QED) is 0.480. The second kappa shape index (κ2) is 15.1. The van der Waals surface area contributed by atoms with Crippen molar-refractivity contribution in [1.29, 1.82) is 0 Å². The summed E-state index contributed by atoms with van der Waals surface area (Å²) in [6, 6.07) is 6.34. The van der Waals surface area contributed by atoms with Crippen LogP contribution >= 0.6 is 0 Å². The maximum atomic E-state index is 10.4. The topological polar surface area (TPSA) is 64.8 Å². The summed E-state index contributed by atoms with van der Waals surface area (Å²) in [6.45, 7) is 7.37. The second-order valence-corrected chi connectivity index (χ2v) is 8.47. The molecule has 0 saturated carbocycles. The highest BCUT2D eigenvalue weighted by Crippen LogP contribution is 2.31. The lowest BCUT2D eigenvalue weighted by atomic mass is 10.1. The van der Waals surface area contributed by atoms with Crippen molar-refractivity contribution in [3.05, 3.63) is 23.8 Å². The van der Waals surface area contributed by atoms with Crippen LogP contribution in [0.5, 0.6) is 11.5 Å². The predicted molar refractivity (Wildman–Crippen MR) is 123 cm³/mol. The maximum Gasteiger partial charge on any atom is 0.217 e. The van der Waals surface area contributed by atoms with Crippen LogP contribution in [-0.2, 0) is 11.2 Å². The predicted octanol–water partition coefficient (Wildman–Crippen LogP) is 5.10. The highest BCUT2D eigenvalue weighted by atomic mass is 16.6. The van der Waals surface area contributed by atoms with E-state index in [2.05, 4.69) is 24.0 Å². The van der Waals surface area contributed by atoms with Gasteiger partial charge < -0.3 is 20.1 Å². The molecule has 0 aromatic heterocycles. The number of hydrogen-bond acceptors (Lipinski definition) is 4. The summed E-state index contributed by atoms with van der Waals surface area (Å²) in [5, 5.41) is 0. The minimum absolute atomic E-state index is 0.163. The van der Waals surface area contributed by atoms with E-state index in [1.54, 1.807) is 0 Å². The summed E-state index contributed by atoms with van der Waals surface area (Å²) in [4.78, 5) is 12.9. The third-order valence-electron chi connectivity index (χ3n) is 5.77. The first-order valence-corrected chi connectivity index (χ1v) is 12.1. The number of carbonyl (C=O) groups excluding carboxylic acids is 1. The minimum Gasteiger partial charge on any atom is -0.486 e. The smallest absolute Gasteiger partial charge is 0.217 e. The molecule has 2 N–H and O–H groups in total. The lowest BCUT2D eigenvalue weighted by Crippen LogP contribution is -2.20. The number of unbranched alkanes of at least 4 members (excludes halogenated alkanes) is 6. The number of hydrogen-bond donors (Lipinski definition) is 1. The second-order valence-electron chi connectivity index (χ2n) is 8.47. The number of amides is 1. The van der Waals surface area contributed by atoms with Crippen molar-refractivity contribution in [1.82, 2.24) is 4.90 Å². The Labute approximate surface area is 183 Å². The molecule has 1 aromatic rings. The fraction of sp³-hybridized carbons (Fsp3) is 0.720. The zero-order valence-corrected chi connectivity index (χ0v) is 19.0. The van der Waals surface area contributed by atoms with E-state index >= 15 is 0 Å². The Morgan fingerprint density at radius 1 is 0.933 bits per heavy atom.